The number of fused-ring (bicyclic) bond motifs is 1. The molecule has 0 atom stereocenters. The molecule has 3 aromatic rings. The van der Waals surface area contributed by atoms with E-state index in [1.54, 1.807) is 11.6 Å². The van der Waals surface area contributed by atoms with E-state index in [-0.39, 0.29) is 25.0 Å². The first-order valence-electron chi connectivity index (χ1n) is 8.22. The fourth-order valence-corrected chi connectivity index (χ4v) is 3.90. The van der Waals surface area contributed by atoms with Crippen molar-refractivity contribution in [3.63, 3.8) is 0 Å². The van der Waals surface area contributed by atoms with Crippen molar-refractivity contribution >= 4 is 45.3 Å². The van der Waals surface area contributed by atoms with Crippen molar-refractivity contribution in [2.45, 2.75) is 13.3 Å². The molecule has 0 aliphatic carbocycles. The van der Waals surface area contributed by atoms with Gasteiger partial charge in [0.25, 0.3) is 5.91 Å². The third kappa shape index (κ3) is 3.67. The van der Waals surface area contributed by atoms with Crippen LogP contribution in [-0.2, 0) is 16.0 Å². The maximum atomic E-state index is 12.4. The first-order valence-corrected chi connectivity index (χ1v) is 9.98. The van der Waals surface area contributed by atoms with Crippen LogP contribution in [0.5, 0.6) is 5.75 Å². The van der Waals surface area contributed by atoms with E-state index in [9.17, 15) is 9.59 Å². The summed E-state index contributed by atoms with van der Waals surface area (Å²) in [5.74, 6) is -0.0563. The Kier molecular flexibility index (Phi) is 4.82. The zero-order valence-electron chi connectivity index (χ0n) is 14.3. The molecule has 1 aromatic carbocycles. The second-order valence-electron chi connectivity index (χ2n) is 5.73. The first-order chi connectivity index (χ1) is 13.1. The van der Waals surface area contributed by atoms with E-state index in [2.05, 4.69) is 20.5 Å². The number of ether oxygens (including phenoxy) is 1. The molecule has 0 unspecified atom stereocenters. The lowest BCUT2D eigenvalue weighted by Crippen LogP contribution is -2.43. The third-order valence-electron chi connectivity index (χ3n) is 3.95. The van der Waals surface area contributed by atoms with Crippen molar-refractivity contribution in [1.82, 2.24) is 15.2 Å². The highest BCUT2D eigenvalue weighted by Gasteiger charge is 2.28. The van der Waals surface area contributed by atoms with Crippen molar-refractivity contribution < 1.29 is 14.3 Å². The summed E-state index contributed by atoms with van der Waals surface area (Å²) in [6.45, 7) is 1.74. The van der Waals surface area contributed by atoms with Gasteiger partial charge in [-0.3, -0.25) is 19.8 Å². The predicted octanol–water partition coefficient (Wildman–Crippen LogP) is 2.59. The zero-order valence-corrected chi connectivity index (χ0v) is 16.0. The Bertz CT molecular complexity index is 986. The van der Waals surface area contributed by atoms with Gasteiger partial charge in [0.15, 0.2) is 6.61 Å². The highest BCUT2D eigenvalue weighted by Crippen LogP contribution is 2.36. The molecule has 0 spiro atoms. The summed E-state index contributed by atoms with van der Waals surface area (Å²) in [5.41, 5.74) is 3.97. The van der Waals surface area contributed by atoms with Crippen molar-refractivity contribution in [3.8, 4) is 17.0 Å². The lowest BCUT2D eigenvalue weighted by atomic mass is 10.1. The van der Waals surface area contributed by atoms with E-state index in [4.69, 9.17) is 4.74 Å². The maximum Gasteiger partial charge on any atom is 0.265 e. The van der Waals surface area contributed by atoms with Crippen LogP contribution in [0.25, 0.3) is 11.3 Å². The number of nitrogens with one attached hydrogen (secondary N) is 1. The number of hydrogen-bond acceptors (Lipinski definition) is 8. The summed E-state index contributed by atoms with van der Waals surface area (Å²) in [7, 11) is 0. The number of anilines is 2. The Balaban J connectivity index is 1.56. The minimum Gasteiger partial charge on any atom is -0.482 e. The maximum absolute atomic E-state index is 12.4. The van der Waals surface area contributed by atoms with Crippen LogP contribution >= 0.6 is 22.7 Å². The van der Waals surface area contributed by atoms with Crippen LogP contribution in [0.1, 0.15) is 11.9 Å². The number of carbonyl (C=O) groups is 2. The Hall–Kier alpha value is -2.85. The number of carbonyl (C=O) groups excluding carboxylic acids is 2. The van der Waals surface area contributed by atoms with Gasteiger partial charge in [0.2, 0.25) is 11.0 Å². The van der Waals surface area contributed by atoms with Crippen molar-refractivity contribution in [2.75, 3.05) is 23.4 Å². The molecule has 10 heteroatoms. The number of amides is 2. The Morgan fingerprint density at radius 2 is 2.26 bits per heavy atom. The van der Waals surface area contributed by atoms with Gasteiger partial charge < -0.3 is 4.74 Å². The summed E-state index contributed by atoms with van der Waals surface area (Å²) >= 11 is 2.81. The zero-order chi connectivity index (χ0) is 18.8. The van der Waals surface area contributed by atoms with E-state index >= 15 is 0 Å². The summed E-state index contributed by atoms with van der Waals surface area (Å²) in [4.78, 5) is 30.5. The van der Waals surface area contributed by atoms with E-state index in [0.717, 1.165) is 22.7 Å². The van der Waals surface area contributed by atoms with Crippen LogP contribution in [0, 0.1) is 0 Å². The quantitative estimate of drug-likeness (QED) is 0.706. The minimum absolute atomic E-state index is 0.102. The topological polar surface area (TPSA) is 97.3 Å². The van der Waals surface area contributed by atoms with E-state index < -0.39 is 0 Å². The van der Waals surface area contributed by atoms with Crippen LogP contribution in [0.3, 0.4) is 0 Å². The molecule has 0 saturated heterocycles. The molecular weight excluding hydrogens is 386 g/mol. The van der Waals surface area contributed by atoms with Gasteiger partial charge >= 0.3 is 0 Å². The molecule has 4 rings (SSSR count). The molecule has 0 radical (unpaired) electrons. The molecule has 1 aliphatic rings. The molecule has 2 aromatic heterocycles. The fourth-order valence-electron chi connectivity index (χ4n) is 2.64. The normalized spacial score (nSPS) is 13.2. The molecular formula is C17H15N5O3S2. The Morgan fingerprint density at radius 1 is 1.37 bits per heavy atom. The van der Waals surface area contributed by atoms with Crippen LogP contribution in [-0.4, -0.2) is 40.1 Å². The van der Waals surface area contributed by atoms with Crippen LogP contribution in [0.15, 0.2) is 29.1 Å². The Morgan fingerprint density at radius 3 is 3.00 bits per heavy atom. The van der Waals surface area contributed by atoms with Crippen molar-refractivity contribution in [2.24, 2.45) is 0 Å². The smallest absolute Gasteiger partial charge is 0.265 e. The first kappa shape index (κ1) is 17.6. The number of aryl methyl sites for hydroxylation is 1. The molecule has 0 saturated carbocycles. The van der Waals surface area contributed by atoms with Crippen molar-refractivity contribution in [3.05, 3.63) is 34.1 Å². The highest BCUT2D eigenvalue weighted by molar-refractivity contribution is 7.15. The van der Waals surface area contributed by atoms with Crippen LogP contribution in [0.2, 0.25) is 0 Å². The minimum atomic E-state index is -0.339. The molecule has 0 fully saturated rings. The third-order valence-corrected chi connectivity index (χ3v) is 5.52. The van der Waals surface area contributed by atoms with E-state index in [0.29, 0.717) is 16.6 Å². The second-order valence-corrected chi connectivity index (χ2v) is 7.51. The molecule has 3 heterocycles. The largest absolute Gasteiger partial charge is 0.482 e. The molecule has 138 valence electrons. The highest BCUT2D eigenvalue weighted by atomic mass is 32.1. The summed E-state index contributed by atoms with van der Waals surface area (Å²) in [6.07, 6.45) is 0.752. The van der Waals surface area contributed by atoms with Gasteiger partial charge in [-0.1, -0.05) is 18.3 Å². The fraction of sp³-hybridized carbons (Fsp3) is 0.235. The summed E-state index contributed by atoms with van der Waals surface area (Å²) < 4.78 is 5.50. The molecule has 27 heavy (non-hydrogen) atoms. The average molecular weight is 401 g/mol. The summed E-state index contributed by atoms with van der Waals surface area (Å²) in [5, 5.41) is 13.8. The second kappa shape index (κ2) is 7.41. The number of hydrogen-bond donors (Lipinski definition) is 1. The lowest BCUT2D eigenvalue weighted by Gasteiger charge is -2.29. The SMILES string of the molecule is CCc1nnc(NC(=O)CN2C(=O)COc3ccc(-c4cscn4)cc32)s1. The van der Waals surface area contributed by atoms with Crippen LogP contribution in [0.4, 0.5) is 10.8 Å². The van der Waals surface area contributed by atoms with E-state index in [1.807, 2.05) is 24.4 Å². The average Bonchev–Trinajstić information content (AvgIpc) is 3.35. The number of rotatable bonds is 5. The molecule has 1 N–H and O–H groups in total. The summed E-state index contributed by atoms with van der Waals surface area (Å²) in [6, 6.07) is 5.49. The van der Waals surface area contributed by atoms with E-state index in [1.165, 1.54) is 27.6 Å². The van der Waals surface area contributed by atoms with Gasteiger partial charge in [-0.25, -0.2) is 4.98 Å². The lowest BCUT2D eigenvalue weighted by molar-refractivity contribution is -0.123. The van der Waals surface area contributed by atoms with Gasteiger partial charge in [-0.2, -0.15) is 0 Å². The monoisotopic (exact) mass is 401 g/mol. The predicted molar refractivity (Wildman–Crippen MR) is 103 cm³/mol. The van der Waals surface area contributed by atoms with Gasteiger partial charge in [-0.15, -0.1) is 21.5 Å². The number of nitrogens with zero attached hydrogens (tertiary/aromatic N) is 4. The van der Waals surface area contributed by atoms with Crippen LogP contribution < -0.4 is 15.0 Å². The van der Waals surface area contributed by atoms with Gasteiger partial charge in [-0.05, 0) is 24.6 Å². The molecule has 0 bridgehead atoms. The van der Waals surface area contributed by atoms with Gasteiger partial charge in [0.1, 0.15) is 17.3 Å². The van der Waals surface area contributed by atoms with Gasteiger partial charge in [0, 0.05) is 10.9 Å². The number of thiazole rings is 1. The van der Waals surface area contributed by atoms with Gasteiger partial charge in [0.05, 0.1) is 16.9 Å². The standard InChI is InChI=1S/C17H15N5O3S2/c1-2-15-20-21-17(27-15)19-14(23)6-22-12-5-10(11-8-26-9-18-11)3-4-13(12)25-7-16(22)24/h3-5,8-9H,2,6-7H2,1H3,(H,19,21,23). The number of benzene rings is 1. The number of aromatic nitrogens is 3. The molecule has 8 nitrogen and oxygen atoms in total. The van der Waals surface area contributed by atoms with Crippen molar-refractivity contribution in [1.29, 1.82) is 0 Å². The Labute approximate surface area is 162 Å². The molecule has 2 amide bonds. The molecule has 1 aliphatic heterocycles.